The third-order valence-electron chi connectivity index (χ3n) is 1.34. The van der Waals surface area contributed by atoms with Crippen LogP contribution in [0.3, 0.4) is 0 Å². The third kappa shape index (κ3) is 2.59. The molecule has 0 spiro atoms. The van der Waals surface area contributed by atoms with Gasteiger partial charge in [0, 0.05) is 5.56 Å². The van der Waals surface area contributed by atoms with Gasteiger partial charge in [0.15, 0.2) is 0 Å². The molecule has 0 aromatic heterocycles. The molecule has 0 fully saturated rings. The summed E-state index contributed by atoms with van der Waals surface area (Å²) in [7, 11) is 0. The first-order chi connectivity index (χ1) is 5.11. The molecule has 1 aromatic carbocycles. The summed E-state index contributed by atoms with van der Waals surface area (Å²) < 4.78 is 12.7. The largest absolute Gasteiger partial charge is 1.00 e. The van der Waals surface area contributed by atoms with Gasteiger partial charge in [0.25, 0.3) is 0 Å². The Kier molecular flexibility index (Phi) is 4.45. The van der Waals surface area contributed by atoms with Crippen molar-refractivity contribution in [3.8, 4) is 0 Å². The summed E-state index contributed by atoms with van der Waals surface area (Å²) in [5.74, 6) is -2.23. The van der Waals surface area contributed by atoms with E-state index in [9.17, 15) is 14.3 Å². The van der Waals surface area contributed by atoms with Crippen molar-refractivity contribution in [2.75, 3.05) is 0 Å². The van der Waals surface area contributed by atoms with Crippen molar-refractivity contribution in [1.82, 2.24) is 0 Å². The molecule has 12 heavy (non-hydrogen) atoms. The van der Waals surface area contributed by atoms with E-state index >= 15 is 0 Å². The number of carboxylic acid groups (broad SMARTS) is 1. The Hall–Kier alpha value is -0.380. The van der Waals surface area contributed by atoms with Gasteiger partial charge in [-0.2, -0.15) is 0 Å². The number of aromatic carboxylic acids is 1. The Bertz CT molecular complexity index is 299. The molecule has 0 radical (unpaired) electrons. The van der Waals surface area contributed by atoms with E-state index in [1.165, 1.54) is 12.1 Å². The summed E-state index contributed by atoms with van der Waals surface area (Å²) in [6.45, 7) is 1.68. The molecule has 0 N–H and O–H groups in total. The summed E-state index contributed by atoms with van der Waals surface area (Å²) in [5, 5.41) is 10.2. The first-order valence-electron chi connectivity index (χ1n) is 3.09. The zero-order valence-electron chi connectivity index (χ0n) is 6.93. The van der Waals surface area contributed by atoms with Crippen LogP contribution in [0.15, 0.2) is 18.2 Å². The number of benzene rings is 1. The number of carbonyl (C=O) groups is 1. The summed E-state index contributed by atoms with van der Waals surface area (Å²) in [5.41, 5.74) is 0.295. The molecular weight excluding hydrogens is 170 g/mol. The van der Waals surface area contributed by atoms with Crippen LogP contribution < -0.4 is 34.7 Å². The van der Waals surface area contributed by atoms with Crippen molar-refractivity contribution in [2.24, 2.45) is 0 Å². The first kappa shape index (κ1) is 11.6. The van der Waals surface area contributed by atoms with Gasteiger partial charge >= 0.3 is 29.6 Å². The third-order valence-corrected chi connectivity index (χ3v) is 1.34. The van der Waals surface area contributed by atoms with Crippen molar-refractivity contribution in [1.29, 1.82) is 0 Å². The van der Waals surface area contributed by atoms with E-state index in [2.05, 4.69) is 0 Å². The van der Waals surface area contributed by atoms with E-state index < -0.39 is 17.3 Å². The standard InChI is InChI=1S/C8H7FO2.Na/c1-5-2-3-6(8(10)11)7(9)4-5;/h2-4H,1H3,(H,10,11);/q;+1/p-1. The molecule has 58 valence electrons. The maximum Gasteiger partial charge on any atom is 1.00 e. The number of hydrogen-bond donors (Lipinski definition) is 0. The fourth-order valence-corrected chi connectivity index (χ4v) is 0.786. The maximum atomic E-state index is 12.7. The molecule has 0 unspecified atom stereocenters. The van der Waals surface area contributed by atoms with Crippen molar-refractivity contribution < 1.29 is 43.8 Å². The van der Waals surface area contributed by atoms with Gasteiger partial charge < -0.3 is 9.90 Å². The van der Waals surface area contributed by atoms with Crippen molar-refractivity contribution in [3.63, 3.8) is 0 Å². The average molecular weight is 176 g/mol. The molecule has 0 amide bonds. The van der Waals surface area contributed by atoms with E-state index in [1.807, 2.05) is 0 Å². The summed E-state index contributed by atoms with van der Waals surface area (Å²) in [4.78, 5) is 10.2. The molecule has 0 aliphatic rings. The van der Waals surface area contributed by atoms with Gasteiger partial charge in [0.05, 0.1) is 5.97 Å². The Labute approximate surface area is 91.7 Å². The van der Waals surface area contributed by atoms with Gasteiger partial charge in [0.1, 0.15) is 5.82 Å². The SMILES string of the molecule is Cc1ccc(C(=O)[O-])c(F)c1.[Na+]. The van der Waals surface area contributed by atoms with Crippen molar-refractivity contribution in [2.45, 2.75) is 6.92 Å². The smallest absolute Gasteiger partial charge is 0.545 e. The van der Waals surface area contributed by atoms with Crippen LogP contribution in [0.4, 0.5) is 4.39 Å². The van der Waals surface area contributed by atoms with E-state index in [0.717, 1.165) is 6.07 Å². The van der Waals surface area contributed by atoms with Crippen LogP contribution in [-0.2, 0) is 0 Å². The predicted molar refractivity (Wildman–Crippen MR) is 35.5 cm³/mol. The number of hydrogen-bond acceptors (Lipinski definition) is 2. The zero-order valence-corrected chi connectivity index (χ0v) is 8.93. The van der Waals surface area contributed by atoms with E-state index in [4.69, 9.17) is 0 Å². The number of carboxylic acids is 1. The molecule has 0 atom stereocenters. The maximum absolute atomic E-state index is 12.7. The normalized spacial score (nSPS) is 8.83. The van der Waals surface area contributed by atoms with Crippen molar-refractivity contribution in [3.05, 3.63) is 35.1 Å². The minimum atomic E-state index is -1.48. The van der Waals surface area contributed by atoms with Crippen LogP contribution in [-0.4, -0.2) is 5.97 Å². The molecule has 1 aromatic rings. The molecule has 1 rings (SSSR count). The second-order valence-electron chi connectivity index (χ2n) is 2.27. The molecule has 2 nitrogen and oxygen atoms in total. The minimum Gasteiger partial charge on any atom is -0.545 e. The van der Waals surface area contributed by atoms with Crippen LogP contribution in [0, 0.1) is 12.7 Å². The molecule has 0 bridgehead atoms. The Morgan fingerprint density at radius 1 is 1.50 bits per heavy atom. The van der Waals surface area contributed by atoms with Crippen molar-refractivity contribution >= 4 is 5.97 Å². The quantitative estimate of drug-likeness (QED) is 0.444. The first-order valence-corrected chi connectivity index (χ1v) is 3.09. The molecule has 0 aliphatic heterocycles. The molecule has 0 saturated carbocycles. The minimum absolute atomic E-state index is 0. The van der Waals surface area contributed by atoms with Gasteiger partial charge in [0.2, 0.25) is 0 Å². The zero-order chi connectivity index (χ0) is 8.43. The number of aryl methyl sites for hydroxylation is 1. The predicted octanol–water partition coefficient (Wildman–Crippen LogP) is -2.50. The second kappa shape index (κ2) is 4.60. The monoisotopic (exact) mass is 176 g/mol. The molecular formula is C8H6FNaO2. The second-order valence-corrected chi connectivity index (χ2v) is 2.27. The molecule has 4 heteroatoms. The Morgan fingerprint density at radius 2 is 2.08 bits per heavy atom. The summed E-state index contributed by atoms with van der Waals surface area (Å²) >= 11 is 0. The fraction of sp³-hybridized carbons (Fsp3) is 0.125. The molecule has 0 saturated heterocycles. The summed E-state index contributed by atoms with van der Waals surface area (Å²) in [6.07, 6.45) is 0. The molecule has 0 aliphatic carbocycles. The van der Waals surface area contributed by atoms with Crippen LogP contribution in [0.5, 0.6) is 0 Å². The summed E-state index contributed by atoms with van der Waals surface area (Å²) in [6, 6.07) is 3.87. The Morgan fingerprint density at radius 3 is 2.50 bits per heavy atom. The average Bonchev–Trinajstić information content (AvgIpc) is 1.85. The van der Waals surface area contributed by atoms with E-state index in [1.54, 1.807) is 6.92 Å². The van der Waals surface area contributed by atoms with Gasteiger partial charge in [-0.1, -0.05) is 6.07 Å². The number of rotatable bonds is 1. The number of halogens is 1. The van der Waals surface area contributed by atoms with Crippen LogP contribution in [0.1, 0.15) is 15.9 Å². The Balaban J connectivity index is 0.00000121. The van der Waals surface area contributed by atoms with Crippen LogP contribution in [0.25, 0.3) is 0 Å². The van der Waals surface area contributed by atoms with Gasteiger partial charge in [-0.15, -0.1) is 0 Å². The fourth-order valence-electron chi connectivity index (χ4n) is 0.786. The van der Waals surface area contributed by atoms with Crippen LogP contribution >= 0.6 is 0 Å². The van der Waals surface area contributed by atoms with E-state index in [0.29, 0.717) is 5.56 Å². The number of carbonyl (C=O) groups excluding carboxylic acids is 1. The van der Waals surface area contributed by atoms with Gasteiger partial charge in [-0.05, 0) is 24.6 Å². The molecule has 0 heterocycles. The van der Waals surface area contributed by atoms with Gasteiger partial charge in [-0.3, -0.25) is 0 Å². The van der Waals surface area contributed by atoms with Crippen LogP contribution in [0.2, 0.25) is 0 Å². The van der Waals surface area contributed by atoms with E-state index in [-0.39, 0.29) is 29.6 Å². The van der Waals surface area contributed by atoms with Gasteiger partial charge in [-0.25, -0.2) is 4.39 Å². The topological polar surface area (TPSA) is 40.1 Å².